The van der Waals surface area contributed by atoms with Crippen LogP contribution in [0.15, 0.2) is 0 Å². The van der Waals surface area contributed by atoms with Gasteiger partial charge in [-0.3, -0.25) is 24.0 Å². The summed E-state index contributed by atoms with van der Waals surface area (Å²) in [6.45, 7) is 1.53. The smallest absolute Gasteiger partial charge is 0.358 e. The molecule has 1 atom stereocenters. The van der Waals surface area contributed by atoms with Gasteiger partial charge in [0.1, 0.15) is 6.04 Å². The average Bonchev–Trinajstić information content (AvgIpc) is 2.22. The molecule has 0 aliphatic heterocycles. The predicted octanol–water partition coefficient (Wildman–Crippen LogP) is -0.687. The molecular weight excluding hydrogens is 332 g/mol. The lowest BCUT2D eigenvalue weighted by atomic mass is 10.1. The van der Waals surface area contributed by atoms with Gasteiger partial charge in [-0.2, -0.15) is 0 Å². The monoisotopic (exact) mass is 349 g/mol. The Balaban J connectivity index is 6.01. The molecule has 0 bridgehead atoms. The SMILES string of the molecule is CCCC(NC(CC(=O)O)(P(=O)(O)O)P(=O)(O)O)C(=O)O. The lowest BCUT2D eigenvalue weighted by Gasteiger charge is -2.36. The minimum atomic E-state index is -5.72. The fraction of sp³-hybridized carbons (Fsp3) is 0.750. The van der Waals surface area contributed by atoms with Crippen molar-refractivity contribution in [2.75, 3.05) is 0 Å². The van der Waals surface area contributed by atoms with Gasteiger partial charge in [-0.05, 0) is 6.42 Å². The first-order chi connectivity index (χ1) is 9.28. The molecule has 0 saturated carbocycles. The van der Waals surface area contributed by atoms with Crippen LogP contribution in [0.3, 0.4) is 0 Å². The first-order valence-electron chi connectivity index (χ1n) is 5.62. The molecule has 0 spiro atoms. The van der Waals surface area contributed by atoms with E-state index in [0.29, 0.717) is 0 Å². The molecule has 21 heavy (non-hydrogen) atoms. The van der Waals surface area contributed by atoms with Gasteiger partial charge in [0.15, 0.2) is 0 Å². The summed E-state index contributed by atoms with van der Waals surface area (Å²) >= 11 is 0. The number of nitrogens with one attached hydrogen (secondary N) is 1. The fourth-order valence-corrected chi connectivity index (χ4v) is 4.32. The molecule has 0 aromatic carbocycles. The highest BCUT2D eigenvalue weighted by atomic mass is 31.2. The second-order valence-electron chi connectivity index (χ2n) is 4.30. The minimum Gasteiger partial charge on any atom is -0.481 e. The highest BCUT2D eigenvalue weighted by Crippen LogP contribution is 2.69. The first-order valence-corrected chi connectivity index (χ1v) is 8.84. The number of rotatable bonds is 9. The normalized spacial score (nSPS) is 14.7. The van der Waals surface area contributed by atoms with Crippen LogP contribution in [0.1, 0.15) is 26.2 Å². The minimum absolute atomic E-state index is 0.212. The highest BCUT2D eigenvalue weighted by molar-refractivity contribution is 7.72. The van der Waals surface area contributed by atoms with Gasteiger partial charge >= 0.3 is 27.1 Å². The maximum atomic E-state index is 11.5. The number of carboxylic acid groups (broad SMARTS) is 2. The van der Waals surface area contributed by atoms with Crippen molar-refractivity contribution in [2.24, 2.45) is 0 Å². The van der Waals surface area contributed by atoms with E-state index in [1.54, 1.807) is 5.32 Å². The van der Waals surface area contributed by atoms with E-state index in [2.05, 4.69) is 0 Å². The van der Waals surface area contributed by atoms with Crippen LogP contribution in [0, 0.1) is 0 Å². The molecule has 0 fully saturated rings. The standard InChI is InChI=1S/C8H17NO10P2/c1-2-3-5(7(12)13)9-8(4-6(10)11,20(14,15)16)21(17,18)19/h5,9H,2-4H2,1H3,(H,10,11)(H,12,13)(H2,14,15,16)(H2,17,18,19). The van der Waals surface area contributed by atoms with Gasteiger partial charge in [0.2, 0.25) is 5.02 Å². The zero-order valence-electron chi connectivity index (χ0n) is 10.9. The van der Waals surface area contributed by atoms with Gasteiger partial charge < -0.3 is 29.8 Å². The van der Waals surface area contributed by atoms with Crippen molar-refractivity contribution in [1.82, 2.24) is 5.32 Å². The van der Waals surface area contributed by atoms with E-state index in [9.17, 15) is 38.3 Å². The van der Waals surface area contributed by atoms with Gasteiger partial charge in [-0.1, -0.05) is 13.3 Å². The largest absolute Gasteiger partial charge is 0.481 e. The summed E-state index contributed by atoms with van der Waals surface area (Å²) in [6.07, 6.45) is -1.64. The van der Waals surface area contributed by atoms with Gasteiger partial charge in [0.25, 0.3) is 0 Å². The molecule has 0 heterocycles. The Hall–Kier alpha value is -0.800. The Morgan fingerprint density at radius 2 is 1.52 bits per heavy atom. The van der Waals surface area contributed by atoms with Crippen LogP contribution in [0.2, 0.25) is 0 Å². The van der Waals surface area contributed by atoms with E-state index < -0.39 is 44.6 Å². The summed E-state index contributed by atoms with van der Waals surface area (Å²) < 4.78 is 23.0. The Bertz CT molecular complexity index is 471. The van der Waals surface area contributed by atoms with Gasteiger partial charge in [-0.15, -0.1) is 0 Å². The van der Waals surface area contributed by atoms with E-state index in [4.69, 9.17) is 10.2 Å². The van der Waals surface area contributed by atoms with Gasteiger partial charge in [0, 0.05) is 0 Å². The van der Waals surface area contributed by atoms with Crippen LogP contribution in [0.25, 0.3) is 0 Å². The third-order valence-corrected chi connectivity index (χ3v) is 6.71. The molecule has 0 saturated heterocycles. The van der Waals surface area contributed by atoms with Crippen LogP contribution >= 0.6 is 15.2 Å². The highest BCUT2D eigenvalue weighted by Gasteiger charge is 2.62. The van der Waals surface area contributed by atoms with Gasteiger partial charge in [-0.25, -0.2) is 0 Å². The molecule has 0 amide bonds. The molecule has 0 aliphatic carbocycles. The molecule has 124 valence electrons. The number of hydrogen-bond acceptors (Lipinski definition) is 5. The van der Waals surface area contributed by atoms with Crippen LogP contribution in [-0.4, -0.2) is 52.8 Å². The Morgan fingerprint density at radius 1 is 1.10 bits per heavy atom. The van der Waals surface area contributed by atoms with Crippen LogP contribution < -0.4 is 5.32 Å². The van der Waals surface area contributed by atoms with Crippen molar-refractivity contribution in [3.63, 3.8) is 0 Å². The molecule has 0 radical (unpaired) electrons. The summed E-state index contributed by atoms with van der Waals surface area (Å²) in [6, 6.07) is -1.73. The third kappa shape index (κ3) is 4.86. The lowest BCUT2D eigenvalue weighted by Crippen LogP contribution is -2.53. The number of carbonyl (C=O) groups is 2. The van der Waals surface area contributed by atoms with Crippen molar-refractivity contribution in [2.45, 2.75) is 37.2 Å². The van der Waals surface area contributed by atoms with Crippen LogP contribution in [0.4, 0.5) is 0 Å². The predicted molar refractivity (Wildman–Crippen MR) is 68.5 cm³/mol. The Morgan fingerprint density at radius 3 is 1.76 bits per heavy atom. The first kappa shape index (κ1) is 20.2. The fourth-order valence-electron chi connectivity index (χ4n) is 1.63. The molecule has 0 aliphatic rings. The molecule has 7 N–H and O–H groups in total. The zero-order chi connectivity index (χ0) is 17.1. The maximum Gasteiger partial charge on any atom is 0.358 e. The molecule has 1 unspecified atom stereocenters. The summed E-state index contributed by atoms with van der Waals surface area (Å²) in [5.41, 5.74) is 0. The zero-order valence-corrected chi connectivity index (χ0v) is 12.7. The lowest BCUT2D eigenvalue weighted by molar-refractivity contribution is -0.141. The second kappa shape index (κ2) is 6.97. The third-order valence-electron chi connectivity index (χ3n) is 2.64. The summed E-state index contributed by atoms with van der Waals surface area (Å²) in [4.78, 5) is 58.6. The summed E-state index contributed by atoms with van der Waals surface area (Å²) in [7, 11) is -11.4. The van der Waals surface area contributed by atoms with E-state index in [-0.39, 0.29) is 12.8 Å². The quantitative estimate of drug-likeness (QED) is 0.260. The second-order valence-corrected chi connectivity index (χ2v) is 8.35. The van der Waals surface area contributed by atoms with Crippen LogP contribution in [0.5, 0.6) is 0 Å². The molecule has 13 heteroatoms. The molecule has 0 aromatic rings. The molecule has 0 aromatic heterocycles. The van der Waals surface area contributed by atoms with Crippen molar-refractivity contribution < 1.29 is 48.5 Å². The topological polar surface area (TPSA) is 202 Å². The van der Waals surface area contributed by atoms with Crippen LogP contribution in [-0.2, 0) is 18.7 Å². The van der Waals surface area contributed by atoms with E-state index in [1.165, 1.54) is 6.92 Å². The van der Waals surface area contributed by atoms with Crippen molar-refractivity contribution >= 4 is 27.1 Å². The van der Waals surface area contributed by atoms with Crippen molar-refractivity contribution in [1.29, 1.82) is 0 Å². The Labute approximate surface area is 119 Å². The van der Waals surface area contributed by atoms with E-state index in [0.717, 1.165) is 0 Å². The van der Waals surface area contributed by atoms with Crippen molar-refractivity contribution in [3.05, 3.63) is 0 Å². The molecule has 11 nitrogen and oxygen atoms in total. The van der Waals surface area contributed by atoms with E-state index >= 15 is 0 Å². The van der Waals surface area contributed by atoms with E-state index in [1.807, 2.05) is 0 Å². The number of carboxylic acids is 2. The average molecular weight is 349 g/mol. The summed E-state index contributed by atoms with van der Waals surface area (Å²) in [5.74, 6) is -3.52. The Kier molecular flexibility index (Phi) is 6.71. The summed E-state index contributed by atoms with van der Waals surface area (Å²) in [5, 5.41) is 15.8. The molecule has 0 rings (SSSR count). The maximum absolute atomic E-state index is 11.5. The van der Waals surface area contributed by atoms with Crippen molar-refractivity contribution in [3.8, 4) is 0 Å². The number of aliphatic carboxylic acids is 2. The molecular formula is C8H17NO10P2. The van der Waals surface area contributed by atoms with Gasteiger partial charge in [0.05, 0.1) is 6.42 Å². The number of hydrogen-bond donors (Lipinski definition) is 7.